The van der Waals surface area contributed by atoms with Crippen molar-refractivity contribution in [1.29, 1.82) is 0 Å². The Balaban J connectivity index is 2.59. The molecule has 2 unspecified atom stereocenters. The average molecular weight is 155 g/mol. The first-order valence-corrected chi connectivity index (χ1v) is 3.49. The molecule has 0 saturated carbocycles. The van der Waals surface area contributed by atoms with Crippen molar-refractivity contribution in [3.05, 3.63) is 0 Å². The van der Waals surface area contributed by atoms with Crippen LogP contribution in [0.25, 0.3) is 0 Å². The van der Waals surface area contributed by atoms with Crippen LogP contribution in [0.2, 0.25) is 0 Å². The van der Waals surface area contributed by atoms with Gasteiger partial charge >= 0.3 is 0 Å². The predicted octanol–water partition coefficient (Wildman–Crippen LogP) is 0.274. The van der Waals surface area contributed by atoms with Gasteiger partial charge in [-0.05, 0) is 13.3 Å². The van der Waals surface area contributed by atoms with Crippen molar-refractivity contribution in [1.82, 2.24) is 0 Å². The zero-order chi connectivity index (χ0) is 8.27. The molecule has 2 atom stereocenters. The number of rotatable bonds is 1. The molecule has 11 heavy (non-hydrogen) atoms. The lowest BCUT2D eigenvalue weighted by molar-refractivity contribution is -0.122. The number of nitrogens with zero attached hydrogens (tertiary/aromatic N) is 1. The molecule has 1 aliphatic heterocycles. The zero-order valence-electron chi connectivity index (χ0n) is 6.24. The molecule has 0 aliphatic carbocycles. The number of isocyanates is 1. The van der Waals surface area contributed by atoms with E-state index in [9.17, 15) is 9.59 Å². The SMILES string of the molecule is CC1OCCC1C(=O)N=C=O. The maximum atomic E-state index is 10.9. The standard InChI is InChI=1S/C7H9NO3/c1-5-6(2-3-11-5)7(10)8-4-9/h5-6H,2-3H2,1H3. The van der Waals surface area contributed by atoms with Crippen molar-refractivity contribution in [3.8, 4) is 0 Å². The average Bonchev–Trinajstić information content (AvgIpc) is 2.36. The summed E-state index contributed by atoms with van der Waals surface area (Å²) in [4.78, 5) is 23.7. The van der Waals surface area contributed by atoms with Crippen molar-refractivity contribution >= 4 is 12.0 Å². The molecule has 1 aliphatic rings. The lowest BCUT2D eigenvalue weighted by atomic mass is 10.0. The fourth-order valence-corrected chi connectivity index (χ4v) is 1.18. The third-order valence-corrected chi connectivity index (χ3v) is 1.85. The molecule has 0 N–H and O–H groups in total. The summed E-state index contributed by atoms with van der Waals surface area (Å²) in [6.45, 7) is 2.38. The molecule has 1 amide bonds. The maximum absolute atomic E-state index is 10.9. The van der Waals surface area contributed by atoms with Crippen LogP contribution in [-0.4, -0.2) is 24.7 Å². The second kappa shape index (κ2) is 3.42. The topological polar surface area (TPSA) is 55.7 Å². The van der Waals surface area contributed by atoms with Gasteiger partial charge in [-0.15, -0.1) is 4.99 Å². The van der Waals surface area contributed by atoms with Gasteiger partial charge in [0.15, 0.2) is 0 Å². The Kier molecular flexibility index (Phi) is 2.52. The van der Waals surface area contributed by atoms with Crippen LogP contribution in [0.5, 0.6) is 0 Å². The Labute approximate surface area is 64.3 Å². The summed E-state index contributed by atoms with van der Waals surface area (Å²) in [6, 6.07) is 0. The number of aliphatic imine (C=N–C) groups is 1. The number of carbonyl (C=O) groups is 1. The van der Waals surface area contributed by atoms with Crippen molar-refractivity contribution < 1.29 is 14.3 Å². The van der Waals surface area contributed by atoms with Crippen LogP contribution in [0.4, 0.5) is 0 Å². The van der Waals surface area contributed by atoms with Gasteiger partial charge in [-0.1, -0.05) is 0 Å². The first kappa shape index (κ1) is 8.11. The van der Waals surface area contributed by atoms with Gasteiger partial charge < -0.3 is 4.74 Å². The lowest BCUT2D eigenvalue weighted by Crippen LogP contribution is -2.19. The molecule has 0 bridgehead atoms. The van der Waals surface area contributed by atoms with E-state index >= 15 is 0 Å². The van der Waals surface area contributed by atoms with E-state index in [0.717, 1.165) is 0 Å². The van der Waals surface area contributed by atoms with E-state index in [1.165, 1.54) is 6.08 Å². The van der Waals surface area contributed by atoms with Gasteiger partial charge in [0.05, 0.1) is 12.0 Å². The Morgan fingerprint density at radius 3 is 2.91 bits per heavy atom. The van der Waals surface area contributed by atoms with Gasteiger partial charge in [0.25, 0.3) is 5.91 Å². The summed E-state index contributed by atoms with van der Waals surface area (Å²) in [5.41, 5.74) is 0. The van der Waals surface area contributed by atoms with Crippen molar-refractivity contribution in [3.63, 3.8) is 0 Å². The highest BCUT2D eigenvalue weighted by atomic mass is 16.5. The maximum Gasteiger partial charge on any atom is 0.262 e. The minimum absolute atomic E-state index is 0.111. The van der Waals surface area contributed by atoms with Crippen LogP contribution in [-0.2, 0) is 14.3 Å². The molecule has 1 heterocycles. The first-order chi connectivity index (χ1) is 5.25. The lowest BCUT2D eigenvalue weighted by Gasteiger charge is -2.07. The Hall–Kier alpha value is -0.990. The number of ether oxygens (including phenoxy) is 1. The molecule has 0 aromatic carbocycles. The summed E-state index contributed by atoms with van der Waals surface area (Å²) >= 11 is 0. The largest absolute Gasteiger partial charge is 0.378 e. The van der Waals surface area contributed by atoms with Crippen molar-refractivity contribution in [2.75, 3.05) is 6.61 Å². The Morgan fingerprint density at radius 2 is 2.45 bits per heavy atom. The molecule has 60 valence electrons. The smallest absolute Gasteiger partial charge is 0.262 e. The van der Waals surface area contributed by atoms with Crippen LogP contribution in [0.3, 0.4) is 0 Å². The van der Waals surface area contributed by atoms with E-state index in [4.69, 9.17) is 4.74 Å². The zero-order valence-corrected chi connectivity index (χ0v) is 6.24. The Morgan fingerprint density at radius 1 is 1.73 bits per heavy atom. The monoisotopic (exact) mass is 155 g/mol. The highest BCUT2D eigenvalue weighted by molar-refractivity contribution is 5.84. The fourth-order valence-electron chi connectivity index (χ4n) is 1.18. The van der Waals surface area contributed by atoms with E-state index in [2.05, 4.69) is 4.99 Å². The number of carbonyl (C=O) groups excluding carboxylic acids is 2. The third-order valence-electron chi connectivity index (χ3n) is 1.85. The van der Waals surface area contributed by atoms with Crippen LogP contribution in [0.15, 0.2) is 4.99 Å². The summed E-state index contributed by atoms with van der Waals surface area (Å²) in [5, 5.41) is 0. The van der Waals surface area contributed by atoms with Crippen molar-refractivity contribution in [2.24, 2.45) is 10.9 Å². The summed E-state index contributed by atoms with van der Waals surface area (Å²) in [7, 11) is 0. The molecule has 0 aromatic rings. The molecule has 1 rings (SSSR count). The van der Waals surface area contributed by atoms with Crippen LogP contribution in [0.1, 0.15) is 13.3 Å². The highest BCUT2D eigenvalue weighted by Crippen LogP contribution is 2.21. The molecular formula is C7H9NO3. The van der Waals surface area contributed by atoms with Gasteiger partial charge in [0.2, 0.25) is 6.08 Å². The molecular weight excluding hydrogens is 146 g/mol. The van der Waals surface area contributed by atoms with Gasteiger partial charge in [-0.2, -0.15) is 0 Å². The molecule has 1 fully saturated rings. The van der Waals surface area contributed by atoms with Gasteiger partial charge in [0.1, 0.15) is 0 Å². The van der Waals surface area contributed by atoms with Gasteiger partial charge in [-0.25, -0.2) is 4.79 Å². The summed E-state index contributed by atoms with van der Waals surface area (Å²) in [5.74, 6) is -0.651. The van der Waals surface area contributed by atoms with Gasteiger partial charge in [-0.3, -0.25) is 4.79 Å². The molecule has 0 aromatic heterocycles. The normalized spacial score (nSPS) is 29.5. The van der Waals surface area contributed by atoms with Crippen molar-refractivity contribution in [2.45, 2.75) is 19.4 Å². The van der Waals surface area contributed by atoms with Crippen LogP contribution < -0.4 is 0 Å². The summed E-state index contributed by atoms with van der Waals surface area (Å²) in [6.07, 6.45) is 1.78. The molecule has 1 saturated heterocycles. The third kappa shape index (κ3) is 1.73. The van der Waals surface area contributed by atoms with E-state index in [1.54, 1.807) is 6.92 Å². The number of hydrogen-bond donors (Lipinski definition) is 0. The quantitative estimate of drug-likeness (QED) is 0.403. The first-order valence-electron chi connectivity index (χ1n) is 3.49. The Bertz CT molecular complexity index is 208. The molecule has 0 radical (unpaired) electrons. The van der Waals surface area contributed by atoms with E-state index < -0.39 is 5.91 Å². The summed E-state index contributed by atoms with van der Waals surface area (Å²) < 4.78 is 5.12. The van der Waals surface area contributed by atoms with E-state index in [0.29, 0.717) is 13.0 Å². The minimum atomic E-state index is -0.412. The molecule has 0 spiro atoms. The molecule has 4 heteroatoms. The number of amides is 1. The molecule has 4 nitrogen and oxygen atoms in total. The van der Waals surface area contributed by atoms with Gasteiger partial charge in [0, 0.05) is 6.61 Å². The fraction of sp³-hybridized carbons (Fsp3) is 0.714. The highest BCUT2D eigenvalue weighted by Gasteiger charge is 2.30. The van der Waals surface area contributed by atoms with Crippen LogP contribution in [0, 0.1) is 5.92 Å². The second-order valence-corrected chi connectivity index (χ2v) is 2.51. The van der Waals surface area contributed by atoms with E-state index in [1.807, 2.05) is 0 Å². The minimum Gasteiger partial charge on any atom is -0.378 e. The second-order valence-electron chi connectivity index (χ2n) is 2.51. The predicted molar refractivity (Wildman–Crippen MR) is 36.6 cm³/mol. The van der Waals surface area contributed by atoms with E-state index in [-0.39, 0.29) is 12.0 Å². The van der Waals surface area contributed by atoms with Crippen LogP contribution >= 0.6 is 0 Å². The number of hydrogen-bond acceptors (Lipinski definition) is 3.